The van der Waals surface area contributed by atoms with Crippen LogP contribution >= 0.6 is 11.8 Å². The van der Waals surface area contributed by atoms with Gasteiger partial charge in [0.15, 0.2) is 0 Å². The summed E-state index contributed by atoms with van der Waals surface area (Å²) in [6.07, 6.45) is 4.39. The van der Waals surface area contributed by atoms with Crippen LogP contribution in [0.25, 0.3) is 0 Å². The molecule has 2 aliphatic heterocycles. The van der Waals surface area contributed by atoms with Crippen LogP contribution in [0, 0.1) is 0 Å². The highest BCUT2D eigenvalue weighted by molar-refractivity contribution is 8.03. The average Bonchev–Trinajstić information content (AvgIpc) is 2.15. The van der Waals surface area contributed by atoms with Crippen LogP contribution in [-0.4, -0.2) is 12.3 Å². The van der Waals surface area contributed by atoms with Crippen LogP contribution in [0.3, 0.4) is 0 Å². The van der Waals surface area contributed by atoms with Crippen LogP contribution in [0.4, 0.5) is 0 Å². The maximum Gasteiger partial charge on any atom is 0.0404 e. The molecule has 1 N–H and O–H groups in total. The Bertz CT molecular complexity index is 149. The summed E-state index contributed by atoms with van der Waals surface area (Å²) in [4.78, 5) is 1.45. The topological polar surface area (TPSA) is 12.0 Å². The lowest BCUT2D eigenvalue weighted by atomic mass is 10.3. The van der Waals surface area contributed by atoms with Gasteiger partial charge in [-0.05, 0) is 5.57 Å². The summed E-state index contributed by atoms with van der Waals surface area (Å²) in [6, 6.07) is 0. The Morgan fingerprint density at radius 1 is 1.62 bits per heavy atom. The Balaban J connectivity index is 2.37. The minimum absolute atomic E-state index is 1.06. The van der Waals surface area contributed by atoms with Gasteiger partial charge in [0, 0.05) is 23.4 Å². The minimum Gasteiger partial charge on any atom is -0.386 e. The zero-order valence-electron chi connectivity index (χ0n) is 4.48. The van der Waals surface area contributed by atoms with Crippen molar-refractivity contribution in [3.05, 3.63) is 22.8 Å². The van der Waals surface area contributed by atoms with E-state index in [2.05, 4.69) is 17.6 Å². The van der Waals surface area contributed by atoms with Crippen molar-refractivity contribution < 1.29 is 0 Å². The first kappa shape index (κ1) is 4.50. The summed E-state index contributed by atoms with van der Waals surface area (Å²) >= 11 is 1.92. The van der Waals surface area contributed by atoms with E-state index in [-0.39, 0.29) is 0 Å². The lowest BCUT2D eigenvalue weighted by Gasteiger charge is -1.87. The van der Waals surface area contributed by atoms with Gasteiger partial charge in [-0.15, -0.1) is 11.8 Å². The number of hydrogen-bond acceptors (Lipinski definition) is 2. The Kier molecular flexibility index (Phi) is 0.875. The molecule has 42 valence electrons. The molecular formula is C6H7NS. The fourth-order valence-corrected chi connectivity index (χ4v) is 1.94. The molecule has 2 heterocycles. The molecule has 0 aromatic rings. The van der Waals surface area contributed by atoms with Gasteiger partial charge in [0.05, 0.1) is 0 Å². The highest BCUT2D eigenvalue weighted by Crippen LogP contribution is 2.32. The zero-order valence-corrected chi connectivity index (χ0v) is 5.29. The monoisotopic (exact) mass is 125 g/mol. The molecular weight excluding hydrogens is 118 g/mol. The van der Waals surface area contributed by atoms with E-state index >= 15 is 0 Å². The molecule has 2 rings (SSSR count). The van der Waals surface area contributed by atoms with Crippen molar-refractivity contribution in [2.45, 2.75) is 0 Å². The Hall–Kier alpha value is -0.370. The van der Waals surface area contributed by atoms with E-state index < -0.39 is 0 Å². The molecule has 0 unspecified atom stereocenters. The molecule has 0 aliphatic carbocycles. The summed E-state index contributed by atoms with van der Waals surface area (Å²) in [7, 11) is 0. The molecule has 0 saturated heterocycles. The standard InChI is InChI=1S/C6H7NS/c1-2-8-6-4-7-3-5(1)6/h1,4,7H,2-3H2. The second-order valence-corrected chi connectivity index (χ2v) is 2.99. The third kappa shape index (κ3) is 0.494. The van der Waals surface area contributed by atoms with E-state index in [1.54, 1.807) is 0 Å². The van der Waals surface area contributed by atoms with Gasteiger partial charge in [-0.2, -0.15) is 0 Å². The number of hydrogen-bond donors (Lipinski definition) is 1. The maximum atomic E-state index is 3.17. The Labute approximate surface area is 52.8 Å². The second-order valence-electron chi connectivity index (χ2n) is 1.93. The molecule has 0 atom stereocenters. The number of nitrogens with one attached hydrogen (secondary N) is 1. The summed E-state index contributed by atoms with van der Waals surface area (Å²) in [5.74, 6) is 1.18. The van der Waals surface area contributed by atoms with Crippen LogP contribution < -0.4 is 5.32 Å². The van der Waals surface area contributed by atoms with Crippen molar-refractivity contribution in [3.63, 3.8) is 0 Å². The summed E-state index contributed by atoms with van der Waals surface area (Å²) < 4.78 is 0. The molecule has 0 radical (unpaired) electrons. The Morgan fingerprint density at radius 2 is 2.62 bits per heavy atom. The van der Waals surface area contributed by atoms with Crippen LogP contribution in [0.5, 0.6) is 0 Å². The third-order valence-electron chi connectivity index (χ3n) is 1.41. The van der Waals surface area contributed by atoms with E-state index in [1.807, 2.05) is 11.8 Å². The quantitative estimate of drug-likeness (QED) is 0.520. The van der Waals surface area contributed by atoms with Crippen LogP contribution in [-0.2, 0) is 0 Å². The maximum absolute atomic E-state index is 3.17. The highest BCUT2D eigenvalue weighted by Gasteiger charge is 2.14. The van der Waals surface area contributed by atoms with Crippen molar-refractivity contribution in [2.24, 2.45) is 0 Å². The number of rotatable bonds is 0. The van der Waals surface area contributed by atoms with Crippen molar-refractivity contribution in [1.29, 1.82) is 0 Å². The van der Waals surface area contributed by atoms with E-state index in [0.717, 1.165) is 6.54 Å². The summed E-state index contributed by atoms with van der Waals surface area (Å²) in [6.45, 7) is 1.06. The average molecular weight is 125 g/mol. The molecule has 0 aromatic heterocycles. The van der Waals surface area contributed by atoms with Crippen LogP contribution in [0.15, 0.2) is 22.8 Å². The normalized spacial score (nSPS) is 24.0. The molecule has 0 saturated carbocycles. The van der Waals surface area contributed by atoms with Gasteiger partial charge in [-0.25, -0.2) is 0 Å². The molecule has 2 aliphatic rings. The predicted octanol–water partition coefficient (Wildman–Crippen LogP) is 1.10. The van der Waals surface area contributed by atoms with Crippen molar-refractivity contribution in [3.8, 4) is 0 Å². The lowest BCUT2D eigenvalue weighted by Crippen LogP contribution is -1.99. The molecule has 0 fully saturated rings. The molecule has 8 heavy (non-hydrogen) atoms. The van der Waals surface area contributed by atoms with Gasteiger partial charge in [-0.1, -0.05) is 6.08 Å². The van der Waals surface area contributed by atoms with Crippen molar-refractivity contribution in [2.75, 3.05) is 12.3 Å². The van der Waals surface area contributed by atoms with E-state index in [9.17, 15) is 0 Å². The third-order valence-corrected chi connectivity index (χ3v) is 2.44. The smallest absolute Gasteiger partial charge is 0.0404 e. The van der Waals surface area contributed by atoms with Gasteiger partial charge in [0.1, 0.15) is 0 Å². The molecule has 0 amide bonds. The number of fused-ring (bicyclic) bond motifs is 1. The van der Waals surface area contributed by atoms with E-state index in [1.165, 1.54) is 16.2 Å². The minimum atomic E-state index is 1.06. The van der Waals surface area contributed by atoms with E-state index in [0.29, 0.717) is 0 Å². The lowest BCUT2D eigenvalue weighted by molar-refractivity contribution is 1.01. The second kappa shape index (κ2) is 1.55. The van der Waals surface area contributed by atoms with Crippen molar-refractivity contribution in [1.82, 2.24) is 5.32 Å². The molecule has 0 bridgehead atoms. The summed E-state index contributed by atoms with van der Waals surface area (Å²) in [5, 5.41) is 3.17. The van der Waals surface area contributed by atoms with Gasteiger partial charge in [0.2, 0.25) is 0 Å². The first-order valence-electron chi connectivity index (χ1n) is 2.72. The Morgan fingerprint density at radius 3 is 3.50 bits per heavy atom. The highest BCUT2D eigenvalue weighted by atomic mass is 32.2. The molecule has 1 nitrogen and oxygen atoms in total. The van der Waals surface area contributed by atoms with Crippen LogP contribution in [0.1, 0.15) is 0 Å². The van der Waals surface area contributed by atoms with Gasteiger partial charge >= 0.3 is 0 Å². The largest absolute Gasteiger partial charge is 0.386 e. The molecule has 0 aromatic carbocycles. The fraction of sp³-hybridized carbons (Fsp3) is 0.333. The summed E-state index contributed by atoms with van der Waals surface area (Å²) in [5.41, 5.74) is 1.50. The zero-order chi connectivity index (χ0) is 5.40. The SMILES string of the molecule is C1=C2CNC=C2SC1. The first-order chi connectivity index (χ1) is 3.97. The number of thioether (sulfide) groups is 1. The molecule has 0 spiro atoms. The van der Waals surface area contributed by atoms with Crippen LogP contribution in [0.2, 0.25) is 0 Å². The first-order valence-corrected chi connectivity index (χ1v) is 3.71. The predicted molar refractivity (Wildman–Crippen MR) is 36.6 cm³/mol. The van der Waals surface area contributed by atoms with E-state index in [4.69, 9.17) is 0 Å². The van der Waals surface area contributed by atoms with Crippen molar-refractivity contribution >= 4 is 11.8 Å². The molecule has 2 heteroatoms. The van der Waals surface area contributed by atoms with Gasteiger partial charge < -0.3 is 5.32 Å². The fourth-order valence-electron chi connectivity index (χ4n) is 0.973. The van der Waals surface area contributed by atoms with Gasteiger partial charge in [-0.3, -0.25) is 0 Å². The van der Waals surface area contributed by atoms with Gasteiger partial charge in [0.25, 0.3) is 0 Å².